The molecular formula is C16H17N5O2S. The van der Waals surface area contributed by atoms with Crippen molar-refractivity contribution in [2.24, 2.45) is 12.8 Å². The number of hydrogen-bond acceptors (Lipinski definition) is 6. The molecule has 0 aliphatic rings. The molecule has 7 nitrogen and oxygen atoms in total. The first kappa shape index (κ1) is 16.3. The van der Waals surface area contributed by atoms with Gasteiger partial charge in [0.15, 0.2) is 10.9 Å². The van der Waals surface area contributed by atoms with Gasteiger partial charge in [-0.1, -0.05) is 47.3 Å². The van der Waals surface area contributed by atoms with Gasteiger partial charge in [-0.3, -0.25) is 4.79 Å². The number of thioether (sulfide) groups is 1. The van der Waals surface area contributed by atoms with Gasteiger partial charge in [-0.2, -0.15) is 0 Å². The van der Waals surface area contributed by atoms with Gasteiger partial charge in [0.2, 0.25) is 5.91 Å². The van der Waals surface area contributed by atoms with Crippen LogP contribution in [0.4, 0.5) is 0 Å². The molecule has 2 N–H and O–H groups in total. The third kappa shape index (κ3) is 3.83. The molecule has 8 heteroatoms. The number of primary amides is 1. The lowest BCUT2D eigenvalue weighted by atomic mass is 10.2. The lowest BCUT2D eigenvalue weighted by Crippen LogP contribution is -2.12. The van der Waals surface area contributed by atoms with E-state index in [2.05, 4.69) is 15.4 Å². The SMILES string of the molecule is Cn1c(CCC(N)=O)nnc1SCc1cc(-c2ccccc2)on1. The zero-order valence-corrected chi connectivity index (χ0v) is 14.0. The first-order valence-electron chi connectivity index (χ1n) is 7.44. The number of carbonyl (C=O) groups excluding carboxylic acids is 1. The summed E-state index contributed by atoms with van der Waals surface area (Å²) >= 11 is 1.51. The minimum Gasteiger partial charge on any atom is -0.370 e. The van der Waals surface area contributed by atoms with Gasteiger partial charge in [-0.25, -0.2) is 0 Å². The van der Waals surface area contributed by atoms with Gasteiger partial charge in [-0.05, 0) is 0 Å². The molecule has 0 atom stereocenters. The molecule has 124 valence electrons. The maximum atomic E-state index is 10.9. The molecule has 0 bridgehead atoms. The number of amides is 1. The van der Waals surface area contributed by atoms with Gasteiger partial charge in [0, 0.05) is 37.3 Å². The zero-order chi connectivity index (χ0) is 16.9. The fourth-order valence-corrected chi connectivity index (χ4v) is 2.99. The maximum Gasteiger partial charge on any atom is 0.217 e. The van der Waals surface area contributed by atoms with E-state index in [1.165, 1.54) is 11.8 Å². The largest absolute Gasteiger partial charge is 0.370 e. The highest BCUT2D eigenvalue weighted by atomic mass is 32.2. The highest BCUT2D eigenvalue weighted by Gasteiger charge is 2.12. The van der Waals surface area contributed by atoms with E-state index in [4.69, 9.17) is 10.3 Å². The van der Waals surface area contributed by atoms with E-state index >= 15 is 0 Å². The maximum absolute atomic E-state index is 10.9. The number of carbonyl (C=O) groups is 1. The third-order valence-corrected chi connectivity index (χ3v) is 4.54. The highest BCUT2D eigenvalue weighted by molar-refractivity contribution is 7.98. The molecule has 0 radical (unpaired) electrons. The molecular weight excluding hydrogens is 326 g/mol. The summed E-state index contributed by atoms with van der Waals surface area (Å²) in [4.78, 5) is 10.9. The second kappa shape index (κ2) is 7.31. The zero-order valence-electron chi connectivity index (χ0n) is 13.2. The molecule has 0 unspecified atom stereocenters. The molecule has 2 heterocycles. The van der Waals surface area contributed by atoms with E-state index in [9.17, 15) is 4.79 Å². The van der Waals surface area contributed by atoms with E-state index < -0.39 is 0 Å². The Labute approximate surface area is 143 Å². The van der Waals surface area contributed by atoms with Crippen LogP contribution in [0.25, 0.3) is 11.3 Å². The summed E-state index contributed by atoms with van der Waals surface area (Å²) < 4.78 is 7.25. The van der Waals surface area contributed by atoms with Gasteiger partial charge in [-0.15, -0.1) is 10.2 Å². The van der Waals surface area contributed by atoms with Gasteiger partial charge in [0.25, 0.3) is 0 Å². The van der Waals surface area contributed by atoms with Crippen LogP contribution < -0.4 is 5.73 Å². The van der Waals surface area contributed by atoms with E-state index in [-0.39, 0.29) is 12.3 Å². The monoisotopic (exact) mass is 343 g/mol. The molecule has 0 saturated carbocycles. The second-order valence-electron chi connectivity index (χ2n) is 5.26. The lowest BCUT2D eigenvalue weighted by Gasteiger charge is -2.01. The predicted octanol–water partition coefficient (Wildman–Crippen LogP) is 2.18. The van der Waals surface area contributed by atoms with Crippen molar-refractivity contribution in [2.45, 2.75) is 23.8 Å². The van der Waals surface area contributed by atoms with Gasteiger partial charge >= 0.3 is 0 Å². The molecule has 1 aromatic carbocycles. The minimum atomic E-state index is -0.344. The Morgan fingerprint density at radius 1 is 1.29 bits per heavy atom. The molecule has 24 heavy (non-hydrogen) atoms. The van der Waals surface area contributed by atoms with Gasteiger partial charge in [0.05, 0.1) is 5.69 Å². The highest BCUT2D eigenvalue weighted by Crippen LogP contribution is 2.25. The van der Waals surface area contributed by atoms with E-state index in [0.29, 0.717) is 12.2 Å². The number of nitrogens with zero attached hydrogens (tertiary/aromatic N) is 4. The van der Waals surface area contributed by atoms with Crippen molar-refractivity contribution < 1.29 is 9.32 Å². The smallest absolute Gasteiger partial charge is 0.217 e. The number of aromatic nitrogens is 4. The molecule has 0 spiro atoms. The van der Waals surface area contributed by atoms with Crippen LogP contribution in [0, 0.1) is 0 Å². The van der Waals surface area contributed by atoms with Crippen molar-refractivity contribution in [1.29, 1.82) is 0 Å². The van der Waals surface area contributed by atoms with Crippen molar-refractivity contribution in [3.05, 3.63) is 47.9 Å². The normalized spacial score (nSPS) is 10.9. The molecule has 2 aromatic heterocycles. The lowest BCUT2D eigenvalue weighted by molar-refractivity contribution is -0.118. The first-order valence-corrected chi connectivity index (χ1v) is 8.42. The van der Waals surface area contributed by atoms with Crippen LogP contribution in [0.1, 0.15) is 17.9 Å². The van der Waals surface area contributed by atoms with Crippen LogP contribution >= 0.6 is 11.8 Å². The average molecular weight is 343 g/mol. The predicted molar refractivity (Wildman–Crippen MR) is 90.0 cm³/mol. The summed E-state index contributed by atoms with van der Waals surface area (Å²) in [6.45, 7) is 0. The molecule has 3 aromatic rings. The first-order chi connectivity index (χ1) is 11.6. The summed E-state index contributed by atoms with van der Waals surface area (Å²) in [5.41, 5.74) is 6.99. The Hall–Kier alpha value is -2.61. The quantitative estimate of drug-likeness (QED) is 0.660. The summed E-state index contributed by atoms with van der Waals surface area (Å²) in [6.07, 6.45) is 0.752. The van der Waals surface area contributed by atoms with Gasteiger partial charge < -0.3 is 14.8 Å². The number of hydrogen-bond donors (Lipinski definition) is 1. The summed E-state index contributed by atoms with van der Waals surface area (Å²) in [5.74, 6) is 1.76. The van der Waals surface area contributed by atoms with Crippen molar-refractivity contribution in [1.82, 2.24) is 19.9 Å². The number of aryl methyl sites for hydroxylation is 1. The summed E-state index contributed by atoms with van der Waals surface area (Å²) in [5, 5.41) is 13.1. The van der Waals surface area contributed by atoms with Crippen molar-refractivity contribution in [3.8, 4) is 11.3 Å². The third-order valence-electron chi connectivity index (χ3n) is 3.49. The Balaban J connectivity index is 1.62. The number of rotatable bonds is 7. The second-order valence-corrected chi connectivity index (χ2v) is 6.20. The van der Waals surface area contributed by atoms with E-state index in [1.54, 1.807) is 0 Å². The van der Waals surface area contributed by atoms with Crippen LogP contribution in [-0.4, -0.2) is 25.8 Å². The topological polar surface area (TPSA) is 99.8 Å². The average Bonchev–Trinajstić information content (AvgIpc) is 3.19. The molecule has 3 rings (SSSR count). The Kier molecular flexibility index (Phi) is 4.95. The van der Waals surface area contributed by atoms with Crippen molar-refractivity contribution >= 4 is 17.7 Å². The van der Waals surface area contributed by atoms with Crippen LogP contribution in [0.5, 0.6) is 0 Å². The van der Waals surface area contributed by atoms with Crippen molar-refractivity contribution in [3.63, 3.8) is 0 Å². The Morgan fingerprint density at radius 3 is 2.83 bits per heavy atom. The van der Waals surface area contributed by atoms with E-state index in [0.717, 1.165) is 28.0 Å². The van der Waals surface area contributed by atoms with Crippen LogP contribution in [0.15, 0.2) is 46.1 Å². The molecule has 0 fully saturated rings. The van der Waals surface area contributed by atoms with Crippen LogP contribution in [0.2, 0.25) is 0 Å². The fourth-order valence-electron chi connectivity index (χ4n) is 2.18. The van der Waals surface area contributed by atoms with Crippen molar-refractivity contribution in [2.75, 3.05) is 0 Å². The standard InChI is InChI=1S/C16H17N5O2S/c1-21-15(8-7-14(17)22)18-19-16(21)24-10-12-9-13(23-20-12)11-5-3-2-4-6-11/h2-6,9H,7-8,10H2,1H3,(H2,17,22). The van der Waals surface area contributed by atoms with Gasteiger partial charge in [0.1, 0.15) is 5.82 Å². The summed E-state index contributed by atoms with van der Waals surface area (Å²) in [6, 6.07) is 11.8. The van der Waals surface area contributed by atoms with Crippen LogP contribution in [-0.2, 0) is 24.0 Å². The van der Waals surface area contributed by atoms with E-state index in [1.807, 2.05) is 48.0 Å². The van der Waals surface area contributed by atoms with Crippen LogP contribution in [0.3, 0.4) is 0 Å². The molecule has 0 aliphatic heterocycles. The Bertz CT molecular complexity index is 828. The minimum absolute atomic E-state index is 0.264. The molecule has 1 amide bonds. The molecule has 0 aliphatic carbocycles. The number of benzene rings is 1. The molecule has 0 saturated heterocycles. The number of nitrogens with two attached hydrogens (primary N) is 1. The Morgan fingerprint density at radius 2 is 2.08 bits per heavy atom. The fraction of sp³-hybridized carbons (Fsp3) is 0.250. The summed E-state index contributed by atoms with van der Waals surface area (Å²) in [7, 11) is 1.87.